The maximum absolute atomic E-state index is 11.7. The third-order valence-corrected chi connectivity index (χ3v) is 17.8. The molecule has 584 valence electrons. The van der Waals surface area contributed by atoms with Gasteiger partial charge in [-0.25, -0.2) is 19.9 Å². The van der Waals surface area contributed by atoms with Crippen LogP contribution < -0.4 is 0 Å². The Bertz CT molecular complexity index is 4900. The first-order valence-corrected chi connectivity index (χ1v) is 34.2. The second kappa shape index (κ2) is 37.3. The minimum atomic E-state index is -0.833. The molecule has 0 saturated heterocycles. The summed E-state index contributed by atoms with van der Waals surface area (Å²) >= 11 is 0. The Labute approximate surface area is 666 Å². The van der Waals surface area contributed by atoms with Gasteiger partial charge in [0.25, 0.3) is 11.9 Å². The molecule has 0 aliphatic heterocycles. The molecule has 20 nitrogen and oxygen atoms in total. The topological polar surface area (TPSA) is 385 Å². The maximum atomic E-state index is 11.7. The first-order chi connectivity index (χ1) is 49.2. The Kier molecular flexibility index (Phi) is 30.9. The molecule has 0 saturated carbocycles. The fraction of sp³-hybridized carbons (Fsp3) is 0.213. The molecule has 8 aromatic heterocycles. The van der Waals surface area contributed by atoms with Crippen molar-refractivity contribution in [1.82, 2.24) is 39.9 Å². The van der Waals surface area contributed by atoms with Crippen molar-refractivity contribution in [3.05, 3.63) is 241 Å². The van der Waals surface area contributed by atoms with Crippen molar-refractivity contribution in [2.75, 3.05) is 0 Å². The number of nitrogens with zero attached hydrogens (tertiary/aromatic N) is 8. The number of hydrogen-bond acceptors (Lipinski definition) is 14. The van der Waals surface area contributed by atoms with E-state index in [1.165, 1.54) is 0 Å². The Morgan fingerprint density at radius 2 is 0.423 bits per heavy atom. The summed E-state index contributed by atoms with van der Waals surface area (Å²) in [5.74, 6) is -1.14. The Morgan fingerprint density at radius 1 is 0.270 bits per heavy atom. The minimum Gasteiger partial charge on any atom is -0.507 e. The van der Waals surface area contributed by atoms with Gasteiger partial charge in [0.1, 0.15) is 23.0 Å². The van der Waals surface area contributed by atoms with Crippen molar-refractivity contribution in [3.63, 3.8) is 0 Å². The van der Waals surface area contributed by atoms with Crippen LogP contribution in [0.1, 0.15) is 127 Å². The molecule has 0 spiro atoms. The number of aromatic nitrogens is 8. The second-order valence-electron chi connectivity index (χ2n) is 29.8. The van der Waals surface area contributed by atoms with E-state index in [2.05, 4.69) is 103 Å². The molecule has 14 N–H and O–H groups in total. The van der Waals surface area contributed by atoms with Crippen molar-refractivity contribution in [1.29, 1.82) is 0 Å². The SMILES string of the molecule is C.CC(=O)O.CC(=O)O.CC(C)(C)c1cc(-c2ccccn2)c(O)c(-c2ccc3ccc4ccc(-c5cc(C(C)(C)C)cc(-c6ccccn6)c5O)nc4c3n2)c1.CC(C)(C)c1cc(-c2ccccn2)c(O)c(-c2ccc3ccc4ccc(-c5cc(C(C)(C)C)cc(-c6ccccn6)c5O)nc4c3n2)c1.O.O.O.O.[Ni].[Ni]. The van der Waals surface area contributed by atoms with Crippen LogP contribution >= 0.6 is 0 Å². The van der Waals surface area contributed by atoms with Crippen LogP contribution in [0.4, 0.5) is 0 Å². The molecule has 0 bridgehead atoms. The van der Waals surface area contributed by atoms with Crippen LogP contribution in [0.3, 0.4) is 0 Å². The third kappa shape index (κ3) is 20.7. The molecule has 0 amide bonds. The summed E-state index contributed by atoms with van der Waals surface area (Å²) in [6, 6.07) is 62.9. The number of rotatable bonds is 8. The molecule has 8 heterocycles. The molecule has 14 aromatic rings. The van der Waals surface area contributed by atoms with Gasteiger partial charge in [-0.2, -0.15) is 0 Å². The minimum absolute atomic E-state index is 0. The van der Waals surface area contributed by atoms with Crippen molar-refractivity contribution < 1.29 is 95.1 Å². The van der Waals surface area contributed by atoms with Gasteiger partial charge >= 0.3 is 0 Å². The first-order valence-electron chi connectivity index (χ1n) is 34.2. The number of aliphatic carboxylic acids is 2. The normalized spacial score (nSPS) is 10.9. The van der Waals surface area contributed by atoms with E-state index in [-0.39, 0.29) is 107 Å². The van der Waals surface area contributed by atoms with E-state index in [1.54, 1.807) is 24.8 Å². The van der Waals surface area contributed by atoms with Crippen LogP contribution in [-0.4, -0.2) is 104 Å². The molecule has 6 aromatic carbocycles. The zero-order valence-corrected chi connectivity index (χ0v) is 65.5. The number of carboxylic acids is 2. The van der Waals surface area contributed by atoms with Crippen LogP contribution in [0, 0.1) is 0 Å². The summed E-state index contributed by atoms with van der Waals surface area (Å²) in [6.07, 6.45) is 6.93. The van der Waals surface area contributed by atoms with Gasteiger partial charge < -0.3 is 52.5 Å². The number of carboxylic acid groups (broad SMARTS) is 2. The zero-order chi connectivity index (χ0) is 74.7. The van der Waals surface area contributed by atoms with E-state index < -0.39 is 11.9 Å². The standard InChI is InChI=1S/2C42H38N4O2.2C2H4O2.CH4.2Ni.4H2O/c2*1-41(2,3)27-21-29(33-11-7-9-19-43-33)39(47)31(23-27)35-17-15-25-13-14-26-16-18-36(46-38(26)37(25)45-35)32-24-28(42(4,5)6)22-30(40(32)48)34-12-8-10-20-44-34;2*1-2(3)4;;;;;;;/h2*7-24,47-48H,1-6H3;2*1H3,(H,3,4);1H4;;;4*1H2. The van der Waals surface area contributed by atoms with Crippen molar-refractivity contribution >= 4 is 55.6 Å². The number of phenols is 4. The summed E-state index contributed by atoms with van der Waals surface area (Å²) in [7, 11) is 0. The van der Waals surface area contributed by atoms with E-state index in [1.807, 2.05) is 194 Å². The number of phenolic OH excluding ortho intramolecular Hbond substituents is 4. The first kappa shape index (κ1) is 91.9. The molecule has 22 heteroatoms. The molecule has 0 unspecified atom stereocenters. The van der Waals surface area contributed by atoms with Gasteiger partial charge in [0, 0.05) is 138 Å². The molecule has 14 rings (SSSR count). The number of benzene rings is 6. The van der Waals surface area contributed by atoms with Crippen molar-refractivity contribution in [3.8, 4) is 113 Å². The molecule has 0 radical (unpaired) electrons. The van der Waals surface area contributed by atoms with Gasteiger partial charge in [0.2, 0.25) is 0 Å². The zero-order valence-electron chi connectivity index (χ0n) is 63.5. The summed E-state index contributed by atoms with van der Waals surface area (Å²) in [5.41, 5.74) is 16.9. The average Bonchev–Trinajstić information content (AvgIpc) is 0.759. The summed E-state index contributed by atoms with van der Waals surface area (Å²) in [5, 5.41) is 65.2. The van der Waals surface area contributed by atoms with Crippen LogP contribution in [0.25, 0.3) is 134 Å². The number of fused-ring (bicyclic) bond motifs is 6. The van der Waals surface area contributed by atoms with Crippen LogP contribution in [0.5, 0.6) is 23.0 Å². The molecule has 0 aliphatic carbocycles. The van der Waals surface area contributed by atoms with E-state index in [4.69, 9.17) is 39.7 Å². The molecular formula is C89H96N8Ni2O12. The predicted octanol–water partition coefficient (Wildman–Crippen LogP) is 18.0. The van der Waals surface area contributed by atoms with Crippen LogP contribution in [0.2, 0.25) is 0 Å². The Balaban J connectivity index is 0.000000404. The molecule has 111 heavy (non-hydrogen) atoms. The molecule has 0 fully saturated rings. The Morgan fingerprint density at radius 3 is 0.568 bits per heavy atom. The predicted molar refractivity (Wildman–Crippen MR) is 438 cm³/mol. The largest absolute Gasteiger partial charge is 0.507 e. The number of carbonyl (C=O) groups is 2. The van der Waals surface area contributed by atoms with Gasteiger partial charge in [-0.15, -0.1) is 0 Å². The fourth-order valence-electron chi connectivity index (χ4n) is 12.1. The van der Waals surface area contributed by atoms with Crippen molar-refractivity contribution in [2.45, 2.75) is 126 Å². The molecule has 0 atom stereocenters. The van der Waals surface area contributed by atoms with E-state index in [0.717, 1.165) is 57.6 Å². The van der Waals surface area contributed by atoms with E-state index in [0.29, 0.717) is 112 Å². The van der Waals surface area contributed by atoms with Gasteiger partial charge in [-0.05, 0) is 165 Å². The van der Waals surface area contributed by atoms with Crippen LogP contribution in [0.15, 0.2) is 219 Å². The maximum Gasteiger partial charge on any atom is 0.300 e. The fourth-order valence-corrected chi connectivity index (χ4v) is 12.1. The number of aromatic hydroxyl groups is 4. The number of hydrogen-bond donors (Lipinski definition) is 6. The van der Waals surface area contributed by atoms with Crippen LogP contribution in [-0.2, 0) is 64.2 Å². The van der Waals surface area contributed by atoms with Gasteiger partial charge in [-0.1, -0.05) is 163 Å². The van der Waals surface area contributed by atoms with Gasteiger partial charge in [0.05, 0.1) is 67.6 Å². The van der Waals surface area contributed by atoms with E-state index >= 15 is 0 Å². The van der Waals surface area contributed by atoms with Crippen molar-refractivity contribution in [2.24, 2.45) is 0 Å². The third-order valence-electron chi connectivity index (χ3n) is 17.8. The summed E-state index contributed by atoms with van der Waals surface area (Å²) in [4.78, 5) is 56.8. The quantitative estimate of drug-likeness (QED) is 0.0608. The van der Waals surface area contributed by atoms with Gasteiger partial charge in [-0.3, -0.25) is 29.5 Å². The molecular weight excluding hydrogens is 1490 g/mol. The van der Waals surface area contributed by atoms with Gasteiger partial charge in [0.15, 0.2) is 0 Å². The average molecular weight is 1590 g/mol. The number of pyridine rings is 8. The smallest absolute Gasteiger partial charge is 0.300 e. The Hall–Kier alpha value is -11.5. The van der Waals surface area contributed by atoms with E-state index in [9.17, 15) is 20.4 Å². The molecule has 0 aliphatic rings. The summed E-state index contributed by atoms with van der Waals surface area (Å²) < 4.78 is 0. The monoisotopic (exact) mass is 1580 g/mol. The second-order valence-corrected chi connectivity index (χ2v) is 29.8. The summed E-state index contributed by atoms with van der Waals surface area (Å²) in [6.45, 7) is 28.0.